The van der Waals surface area contributed by atoms with Gasteiger partial charge < -0.3 is 10.6 Å². The van der Waals surface area contributed by atoms with Gasteiger partial charge in [0, 0.05) is 31.7 Å². The van der Waals surface area contributed by atoms with E-state index in [4.69, 9.17) is 5.73 Å². The SMILES string of the molecule is CCCCCCC(CN)N1CCCN(C)CC1C. The maximum absolute atomic E-state index is 6.01. The maximum atomic E-state index is 6.01. The molecule has 0 saturated carbocycles. The summed E-state index contributed by atoms with van der Waals surface area (Å²) in [7, 11) is 2.23. The molecule has 3 heteroatoms. The molecular weight excluding hydrogens is 222 g/mol. The van der Waals surface area contributed by atoms with Gasteiger partial charge in [-0.1, -0.05) is 32.6 Å². The second kappa shape index (κ2) is 8.89. The normalized spacial score (nSPS) is 25.0. The van der Waals surface area contributed by atoms with Gasteiger partial charge in [-0.2, -0.15) is 0 Å². The van der Waals surface area contributed by atoms with Crippen molar-refractivity contribution in [3.8, 4) is 0 Å². The Kier molecular flexibility index (Phi) is 7.87. The van der Waals surface area contributed by atoms with Crippen LogP contribution >= 0.6 is 0 Å². The smallest absolute Gasteiger partial charge is 0.0221 e. The Bertz CT molecular complexity index is 208. The molecule has 1 heterocycles. The summed E-state index contributed by atoms with van der Waals surface area (Å²) in [4.78, 5) is 5.12. The fraction of sp³-hybridized carbons (Fsp3) is 1.00. The predicted octanol–water partition coefficient (Wildman–Crippen LogP) is 2.31. The zero-order chi connectivity index (χ0) is 13.4. The van der Waals surface area contributed by atoms with Crippen molar-refractivity contribution in [1.82, 2.24) is 9.80 Å². The van der Waals surface area contributed by atoms with Crippen molar-refractivity contribution in [3.63, 3.8) is 0 Å². The lowest BCUT2D eigenvalue weighted by Crippen LogP contribution is -2.47. The van der Waals surface area contributed by atoms with Crippen LogP contribution in [0.25, 0.3) is 0 Å². The fourth-order valence-corrected chi connectivity index (χ4v) is 3.16. The highest BCUT2D eigenvalue weighted by atomic mass is 15.2. The monoisotopic (exact) mass is 255 g/mol. The molecule has 0 aromatic rings. The minimum absolute atomic E-state index is 0.600. The van der Waals surface area contributed by atoms with E-state index >= 15 is 0 Å². The molecule has 1 rings (SSSR count). The summed E-state index contributed by atoms with van der Waals surface area (Å²) >= 11 is 0. The molecule has 2 unspecified atom stereocenters. The molecule has 1 saturated heterocycles. The first-order chi connectivity index (χ1) is 8.69. The maximum Gasteiger partial charge on any atom is 0.0221 e. The van der Waals surface area contributed by atoms with E-state index in [1.165, 1.54) is 58.2 Å². The molecule has 1 aliphatic rings. The van der Waals surface area contributed by atoms with E-state index in [1.807, 2.05) is 0 Å². The summed E-state index contributed by atoms with van der Waals surface area (Å²) in [5.41, 5.74) is 6.01. The summed E-state index contributed by atoms with van der Waals surface area (Å²) in [6, 6.07) is 1.25. The van der Waals surface area contributed by atoms with Gasteiger partial charge in [0.25, 0.3) is 0 Å². The van der Waals surface area contributed by atoms with E-state index in [-0.39, 0.29) is 0 Å². The highest BCUT2D eigenvalue weighted by Crippen LogP contribution is 2.16. The van der Waals surface area contributed by atoms with Crippen LogP contribution in [0.1, 0.15) is 52.4 Å². The van der Waals surface area contributed by atoms with Gasteiger partial charge in [-0.15, -0.1) is 0 Å². The van der Waals surface area contributed by atoms with Gasteiger partial charge in [-0.25, -0.2) is 0 Å². The minimum Gasteiger partial charge on any atom is -0.329 e. The van der Waals surface area contributed by atoms with Crippen LogP contribution in [0.5, 0.6) is 0 Å². The number of rotatable bonds is 7. The van der Waals surface area contributed by atoms with Gasteiger partial charge >= 0.3 is 0 Å². The van der Waals surface area contributed by atoms with Crippen LogP contribution in [-0.2, 0) is 0 Å². The Morgan fingerprint density at radius 3 is 2.67 bits per heavy atom. The van der Waals surface area contributed by atoms with Crippen LogP contribution in [0.3, 0.4) is 0 Å². The number of hydrogen-bond donors (Lipinski definition) is 1. The number of unbranched alkanes of at least 4 members (excludes halogenated alkanes) is 3. The average molecular weight is 255 g/mol. The molecule has 3 nitrogen and oxygen atoms in total. The summed E-state index contributed by atoms with van der Waals surface area (Å²) in [5, 5.41) is 0. The van der Waals surface area contributed by atoms with Crippen LogP contribution in [0, 0.1) is 0 Å². The molecule has 0 amide bonds. The Labute approximate surface area is 114 Å². The van der Waals surface area contributed by atoms with E-state index in [9.17, 15) is 0 Å². The lowest BCUT2D eigenvalue weighted by molar-refractivity contribution is 0.137. The highest BCUT2D eigenvalue weighted by Gasteiger charge is 2.25. The highest BCUT2D eigenvalue weighted by molar-refractivity contribution is 4.82. The molecule has 0 aromatic carbocycles. The number of hydrogen-bond acceptors (Lipinski definition) is 3. The first-order valence-corrected chi connectivity index (χ1v) is 7.83. The standard InChI is InChI=1S/C15H33N3/c1-4-5-6-7-9-15(12-16)18-11-8-10-17(3)13-14(18)2/h14-15H,4-13,16H2,1-3H3. The van der Waals surface area contributed by atoms with Crippen LogP contribution in [0.4, 0.5) is 0 Å². The number of nitrogens with zero attached hydrogens (tertiary/aromatic N) is 2. The van der Waals surface area contributed by atoms with Crippen molar-refractivity contribution in [2.24, 2.45) is 5.73 Å². The van der Waals surface area contributed by atoms with Crippen LogP contribution in [-0.4, -0.2) is 55.1 Å². The Morgan fingerprint density at radius 1 is 1.22 bits per heavy atom. The van der Waals surface area contributed by atoms with Gasteiger partial charge in [-0.3, -0.25) is 4.90 Å². The molecular formula is C15H33N3. The molecule has 108 valence electrons. The predicted molar refractivity (Wildman–Crippen MR) is 79.9 cm³/mol. The van der Waals surface area contributed by atoms with E-state index in [0.29, 0.717) is 12.1 Å². The Hall–Kier alpha value is -0.120. The molecule has 0 radical (unpaired) electrons. The molecule has 0 spiro atoms. The third-order valence-corrected chi connectivity index (χ3v) is 4.23. The molecule has 0 aliphatic carbocycles. The first-order valence-electron chi connectivity index (χ1n) is 7.83. The molecule has 1 fully saturated rings. The number of likely N-dealkylation sites (N-methyl/N-ethyl adjacent to an activating group) is 1. The Morgan fingerprint density at radius 2 is 2.00 bits per heavy atom. The molecule has 0 bridgehead atoms. The third kappa shape index (κ3) is 5.25. The molecule has 2 atom stereocenters. The quantitative estimate of drug-likeness (QED) is 0.709. The van der Waals surface area contributed by atoms with Gasteiger partial charge in [0.2, 0.25) is 0 Å². The van der Waals surface area contributed by atoms with Crippen molar-refractivity contribution in [2.75, 3.05) is 33.2 Å². The van der Waals surface area contributed by atoms with Gasteiger partial charge in [-0.05, 0) is 33.4 Å². The van der Waals surface area contributed by atoms with Gasteiger partial charge in [0.05, 0.1) is 0 Å². The van der Waals surface area contributed by atoms with Crippen LogP contribution in [0.2, 0.25) is 0 Å². The molecule has 18 heavy (non-hydrogen) atoms. The molecule has 1 aliphatic heterocycles. The summed E-state index contributed by atoms with van der Waals surface area (Å²) in [6.45, 7) is 9.09. The van der Waals surface area contributed by atoms with Gasteiger partial charge in [0.1, 0.15) is 0 Å². The first kappa shape index (κ1) is 15.9. The zero-order valence-corrected chi connectivity index (χ0v) is 12.7. The second-order valence-corrected chi connectivity index (χ2v) is 5.94. The summed E-state index contributed by atoms with van der Waals surface area (Å²) < 4.78 is 0. The summed E-state index contributed by atoms with van der Waals surface area (Å²) in [5.74, 6) is 0. The van der Waals surface area contributed by atoms with Crippen molar-refractivity contribution in [2.45, 2.75) is 64.5 Å². The van der Waals surface area contributed by atoms with E-state index < -0.39 is 0 Å². The third-order valence-electron chi connectivity index (χ3n) is 4.23. The Balaban J connectivity index is 2.41. The van der Waals surface area contributed by atoms with Crippen molar-refractivity contribution in [1.29, 1.82) is 0 Å². The summed E-state index contributed by atoms with van der Waals surface area (Å²) in [6.07, 6.45) is 7.97. The van der Waals surface area contributed by atoms with E-state index in [2.05, 4.69) is 30.7 Å². The average Bonchev–Trinajstić information content (AvgIpc) is 2.51. The molecule has 2 N–H and O–H groups in total. The number of nitrogens with two attached hydrogens (primary N) is 1. The van der Waals surface area contributed by atoms with Crippen LogP contribution in [0.15, 0.2) is 0 Å². The lowest BCUT2D eigenvalue weighted by Gasteiger charge is -2.35. The lowest BCUT2D eigenvalue weighted by atomic mass is 10.0. The topological polar surface area (TPSA) is 32.5 Å². The largest absolute Gasteiger partial charge is 0.329 e. The van der Waals surface area contributed by atoms with E-state index in [0.717, 1.165) is 6.54 Å². The van der Waals surface area contributed by atoms with Gasteiger partial charge in [0.15, 0.2) is 0 Å². The zero-order valence-electron chi connectivity index (χ0n) is 12.7. The van der Waals surface area contributed by atoms with Crippen molar-refractivity contribution in [3.05, 3.63) is 0 Å². The minimum atomic E-state index is 0.600. The second-order valence-electron chi connectivity index (χ2n) is 5.94. The van der Waals surface area contributed by atoms with Crippen LogP contribution < -0.4 is 5.73 Å². The molecule has 0 aromatic heterocycles. The fourth-order valence-electron chi connectivity index (χ4n) is 3.16. The van der Waals surface area contributed by atoms with Crippen molar-refractivity contribution >= 4 is 0 Å². The van der Waals surface area contributed by atoms with Crippen molar-refractivity contribution < 1.29 is 0 Å². The van der Waals surface area contributed by atoms with E-state index in [1.54, 1.807) is 0 Å².